The van der Waals surface area contributed by atoms with Crippen LogP contribution in [0.15, 0.2) is 0 Å². The van der Waals surface area contributed by atoms with Gasteiger partial charge in [0.2, 0.25) is 0 Å². The first-order valence-corrected chi connectivity index (χ1v) is 6.21. The summed E-state index contributed by atoms with van der Waals surface area (Å²) in [5.74, 6) is 0. The van der Waals surface area contributed by atoms with Gasteiger partial charge in [0.05, 0.1) is 0 Å². The van der Waals surface area contributed by atoms with Crippen LogP contribution < -0.4 is 5.32 Å². The van der Waals surface area contributed by atoms with Crippen molar-refractivity contribution in [2.75, 3.05) is 20.1 Å². The fourth-order valence-corrected chi connectivity index (χ4v) is 2.54. The minimum atomic E-state index is 0.797. The standard InChI is InChI=1S/C12H26N2/c1-4-10-14(3)12-8-6-11(7-9-12)13-5-2/h11-13H,4-10H2,1-3H3. The molecule has 14 heavy (non-hydrogen) atoms. The quantitative estimate of drug-likeness (QED) is 0.729. The van der Waals surface area contributed by atoms with Crippen LogP contribution in [0.2, 0.25) is 0 Å². The van der Waals surface area contributed by atoms with E-state index in [1.54, 1.807) is 0 Å². The SMILES string of the molecule is CCCN(C)C1CCC(NCC)CC1. The predicted octanol–water partition coefficient (Wildman–Crippen LogP) is 2.25. The maximum Gasteiger partial charge on any atom is 0.00933 e. The Morgan fingerprint density at radius 2 is 1.79 bits per heavy atom. The van der Waals surface area contributed by atoms with E-state index in [4.69, 9.17) is 0 Å². The third-order valence-electron chi connectivity index (χ3n) is 3.39. The molecule has 1 saturated carbocycles. The van der Waals surface area contributed by atoms with Gasteiger partial charge >= 0.3 is 0 Å². The second-order valence-corrected chi connectivity index (χ2v) is 4.54. The monoisotopic (exact) mass is 198 g/mol. The van der Waals surface area contributed by atoms with Crippen molar-refractivity contribution >= 4 is 0 Å². The number of hydrogen-bond donors (Lipinski definition) is 1. The molecule has 0 saturated heterocycles. The van der Waals surface area contributed by atoms with Gasteiger partial charge in [-0.3, -0.25) is 0 Å². The highest BCUT2D eigenvalue weighted by Crippen LogP contribution is 2.22. The molecular formula is C12H26N2. The van der Waals surface area contributed by atoms with Crippen molar-refractivity contribution < 1.29 is 0 Å². The zero-order valence-electron chi connectivity index (χ0n) is 10.1. The Hall–Kier alpha value is -0.0800. The van der Waals surface area contributed by atoms with Crippen molar-refractivity contribution in [1.29, 1.82) is 0 Å². The van der Waals surface area contributed by atoms with Crippen molar-refractivity contribution in [3.05, 3.63) is 0 Å². The minimum absolute atomic E-state index is 0.797. The van der Waals surface area contributed by atoms with Crippen LogP contribution in [0.5, 0.6) is 0 Å². The topological polar surface area (TPSA) is 15.3 Å². The molecule has 0 unspecified atom stereocenters. The molecule has 0 amide bonds. The van der Waals surface area contributed by atoms with Crippen molar-refractivity contribution in [3.63, 3.8) is 0 Å². The van der Waals surface area contributed by atoms with Crippen molar-refractivity contribution in [2.45, 2.75) is 58.0 Å². The number of rotatable bonds is 5. The molecular weight excluding hydrogens is 172 g/mol. The second-order valence-electron chi connectivity index (χ2n) is 4.54. The molecule has 2 nitrogen and oxygen atoms in total. The van der Waals surface area contributed by atoms with Gasteiger partial charge in [0.25, 0.3) is 0 Å². The molecule has 1 fully saturated rings. The van der Waals surface area contributed by atoms with Crippen LogP contribution in [-0.2, 0) is 0 Å². The Labute approximate surface area is 89.1 Å². The van der Waals surface area contributed by atoms with Gasteiger partial charge in [-0.2, -0.15) is 0 Å². The molecule has 1 rings (SSSR count). The van der Waals surface area contributed by atoms with Crippen LogP contribution >= 0.6 is 0 Å². The molecule has 0 aromatic carbocycles. The van der Waals surface area contributed by atoms with Gasteiger partial charge in [-0.1, -0.05) is 13.8 Å². The molecule has 0 atom stereocenters. The highest BCUT2D eigenvalue weighted by Gasteiger charge is 2.22. The number of hydrogen-bond acceptors (Lipinski definition) is 2. The van der Waals surface area contributed by atoms with Gasteiger partial charge in [0.1, 0.15) is 0 Å². The molecule has 1 aliphatic rings. The largest absolute Gasteiger partial charge is 0.314 e. The van der Waals surface area contributed by atoms with Gasteiger partial charge in [0, 0.05) is 12.1 Å². The van der Waals surface area contributed by atoms with E-state index in [1.165, 1.54) is 38.6 Å². The highest BCUT2D eigenvalue weighted by atomic mass is 15.1. The summed E-state index contributed by atoms with van der Waals surface area (Å²) in [7, 11) is 2.28. The van der Waals surface area contributed by atoms with Crippen LogP contribution in [0.1, 0.15) is 46.0 Å². The fourth-order valence-electron chi connectivity index (χ4n) is 2.54. The normalized spacial score (nSPS) is 28.3. The van der Waals surface area contributed by atoms with Gasteiger partial charge in [-0.05, 0) is 52.2 Å². The fraction of sp³-hybridized carbons (Fsp3) is 1.00. The minimum Gasteiger partial charge on any atom is -0.314 e. The van der Waals surface area contributed by atoms with Crippen LogP contribution in [-0.4, -0.2) is 37.1 Å². The molecule has 0 spiro atoms. The Kier molecular flexibility index (Phi) is 5.49. The summed E-state index contributed by atoms with van der Waals surface area (Å²) in [5.41, 5.74) is 0. The molecule has 84 valence electrons. The number of nitrogens with one attached hydrogen (secondary N) is 1. The zero-order valence-corrected chi connectivity index (χ0v) is 10.1. The molecule has 0 aromatic rings. The molecule has 0 heterocycles. The lowest BCUT2D eigenvalue weighted by atomic mass is 9.90. The van der Waals surface area contributed by atoms with E-state index in [-0.39, 0.29) is 0 Å². The third kappa shape index (κ3) is 3.58. The lowest BCUT2D eigenvalue weighted by molar-refractivity contribution is 0.175. The first kappa shape index (κ1) is 12.0. The summed E-state index contributed by atoms with van der Waals surface area (Å²) in [6.45, 7) is 6.85. The summed E-state index contributed by atoms with van der Waals surface area (Å²) in [6.07, 6.45) is 6.78. The van der Waals surface area contributed by atoms with Gasteiger partial charge in [-0.15, -0.1) is 0 Å². The van der Waals surface area contributed by atoms with E-state index in [2.05, 4.69) is 31.1 Å². The van der Waals surface area contributed by atoms with Gasteiger partial charge in [-0.25, -0.2) is 0 Å². The van der Waals surface area contributed by atoms with E-state index in [9.17, 15) is 0 Å². The molecule has 1 N–H and O–H groups in total. The van der Waals surface area contributed by atoms with E-state index in [1.807, 2.05) is 0 Å². The van der Waals surface area contributed by atoms with E-state index >= 15 is 0 Å². The Bertz CT molecular complexity index is 139. The van der Waals surface area contributed by atoms with Crippen LogP contribution in [0.25, 0.3) is 0 Å². The average molecular weight is 198 g/mol. The Balaban J connectivity index is 2.21. The highest BCUT2D eigenvalue weighted by molar-refractivity contribution is 4.81. The van der Waals surface area contributed by atoms with E-state index in [0.29, 0.717) is 0 Å². The zero-order chi connectivity index (χ0) is 10.4. The van der Waals surface area contributed by atoms with E-state index < -0.39 is 0 Å². The second kappa shape index (κ2) is 6.41. The van der Waals surface area contributed by atoms with Gasteiger partial charge in [0.15, 0.2) is 0 Å². The summed E-state index contributed by atoms with van der Waals surface area (Å²) in [4.78, 5) is 2.54. The van der Waals surface area contributed by atoms with Crippen molar-refractivity contribution in [1.82, 2.24) is 10.2 Å². The molecule has 2 heteroatoms. The first-order valence-electron chi connectivity index (χ1n) is 6.21. The van der Waals surface area contributed by atoms with Crippen LogP contribution in [0.4, 0.5) is 0 Å². The summed E-state index contributed by atoms with van der Waals surface area (Å²) in [6, 6.07) is 1.65. The maximum absolute atomic E-state index is 3.56. The average Bonchev–Trinajstić information content (AvgIpc) is 2.20. The summed E-state index contributed by atoms with van der Waals surface area (Å²) in [5, 5.41) is 3.56. The molecule has 0 aliphatic heterocycles. The molecule has 0 radical (unpaired) electrons. The molecule has 0 aromatic heterocycles. The smallest absolute Gasteiger partial charge is 0.00933 e. The van der Waals surface area contributed by atoms with Crippen molar-refractivity contribution in [2.24, 2.45) is 0 Å². The lowest BCUT2D eigenvalue weighted by Gasteiger charge is -2.34. The molecule has 1 aliphatic carbocycles. The summed E-state index contributed by atoms with van der Waals surface area (Å²) < 4.78 is 0. The summed E-state index contributed by atoms with van der Waals surface area (Å²) >= 11 is 0. The Morgan fingerprint density at radius 1 is 1.14 bits per heavy atom. The lowest BCUT2D eigenvalue weighted by Crippen LogP contribution is -2.40. The van der Waals surface area contributed by atoms with Crippen LogP contribution in [0, 0.1) is 0 Å². The number of nitrogens with zero attached hydrogens (tertiary/aromatic N) is 1. The van der Waals surface area contributed by atoms with E-state index in [0.717, 1.165) is 18.6 Å². The van der Waals surface area contributed by atoms with Crippen molar-refractivity contribution in [3.8, 4) is 0 Å². The third-order valence-corrected chi connectivity index (χ3v) is 3.39. The first-order chi connectivity index (χ1) is 6.77. The Morgan fingerprint density at radius 3 is 2.29 bits per heavy atom. The molecule has 0 bridgehead atoms. The predicted molar refractivity (Wildman–Crippen MR) is 62.6 cm³/mol. The van der Waals surface area contributed by atoms with Crippen LogP contribution in [0.3, 0.4) is 0 Å². The maximum atomic E-state index is 3.56. The van der Waals surface area contributed by atoms with Gasteiger partial charge < -0.3 is 10.2 Å².